The molecule has 0 spiro atoms. The smallest absolute Gasteiger partial charge is 0.226 e. The number of hydrogen-bond donors (Lipinski definition) is 4. The molecule has 0 unspecified atom stereocenters. The van der Waals surface area contributed by atoms with Crippen LogP contribution in [0, 0.1) is 3.57 Å². The molecular weight excluding hydrogens is 445 g/mol. The second-order valence-corrected chi connectivity index (χ2v) is 8.03. The summed E-state index contributed by atoms with van der Waals surface area (Å²) in [6.07, 6.45) is 1.70. The third-order valence-electron chi connectivity index (χ3n) is 3.79. The number of nitrogens with zero attached hydrogens (tertiary/aromatic N) is 4. The fourth-order valence-corrected chi connectivity index (χ4v) is 2.97. The van der Waals surface area contributed by atoms with Crippen molar-refractivity contribution in [2.24, 2.45) is 7.05 Å². The molecule has 138 valence electrons. The molecule has 5 N–H and O–H groups in total. The average molecular weight is 467 g/mol. The minimum atomic E-state index is -0.868. The number of nitrogens with one attached hydrogen (secondary N) is 2. The van der Waals surface area contributed by atoms with Gasteiger partial charge in [-0.05, 0) is 60.2 Å². The Morgan fingerprint density at radius 1 is 1.27 bits per heavy atom. The highest BCUT2D eigenvalue weighted by atomic mass is 127. The summed E-state index contributed by atoms with van der Waals surface area (Å²) in [6, 6.07) is 5.90. The maximum atomic E-state index is 9.92. The number of hydrogen-bond acceptors (Lipinski definition) is 7. The second-order valence-electron chi connectivity index (χ2n) is 6.79. The summed E-state index contributed by atoms with van der Waals surface area (Å²) in [5.74, 6) is 1.05. The van der Waals surface area contributed by atoms with Crippen LogP contribution >= 0.6 is 22.6 Å². The molecule has 0 radical (unpaired) electrons. The number of rotatable bonds is 6. The first-order valence-corrected chi connectivity index (χ1v) is 9.24. The van der Waals surface area contributed by atoms with Gasteiger partial charge in [0.2, 0.25) is 5.95 Å². The van der Waals surface area contributed by atoms with Crippen LogP contribution in [0.2, 0.25) is 0 Å². The quantitative estimate of drug-likeness (QED) is 0.325. The van der Waals surface area contributed by atoms with Gasteiger partial charge in [-0.3, -0.25) is 0 Å². The molecule has 0 saturated heterocycles. The number of anilines is 3. The van der Waals surface area contributed by atoms with Crippen LogP contribution in [0.5, 0.6) is 0 Å². The van der Waals surface area contributed by atoms with Gasteiger partial charge in [0.05, 0.1) is 11.9 Å². The van der Waals surface area contributed by atoms with Crippen LogP contribution < -0.4 is 16.4 Å². The lowest BCUT2D eigenvalue weighted by Gasteiger charge is -2.18. The Labute approximate surface area is 165 Å². The number of aromatic nitrogens is 4. The van der Waals surface area contributed by atoms with Crippen LogP contribution in [0.4, 0.5) is 17.5 Å². The van der Waals surface area contributed by atoms with Crippen LogP contribution in [0.25, 0.3) is 11.2 Å². The van der Waals surface area contributed by atoms with E-state index in [9.17, 15) is 5.11 Å². The number of nitrogen functional groups attached to an aromatic ring is 1. The summed E-state index contributed by atoms with van der Waals surface area (Å²) >= 11 is 2.26. The third kappa shape index (κ3) is 4.33. The molecule has 9 heteroatoms. The van der Waals surface area contributed by atoms with Crippen molar-refractivity contribution in [1.29, 1.82) is 0 Å². The monoisotopic (exact) mass is 467 g/mol. The normalized spacial score (nSPS) is 11.7. The number of benzene rings is 1. The summed E-state index contributed by atoms with van der Waals surface area (Å²) in [5, 5.41) is 16.3. The Bertz CT molecular complexity index is 933. The summed E-state index contributed by atoms with van der Waals surface area (Å²) < 4.78 is 2.95. The molecule has 0 saturated carbocycles. The van der Waals surface area contributed by atoms with Gasteiger partial charge in [0.1, 0.15) is 0 Å². The van der Waals surface area contributed by atoms with Gasteiger partial charge < -0.3 is 26.0 Å². The highest BCUT2D eigenvalue weighted by molar-refractivity contribution is 14.1. The zero-order valence-electron chi connectivity index (χ0n) is 14.9. The first kappa shape index (κ1) is 18.6. The summed E-state index contributed by atoms with van der Waals surface area (Å²) in [6.45, 7) is 4.30. The molecule has 8 nitrogen and oxygen atoms in total. The van der Waals surface area contributed by atoms with E-state index in [0.717, 1.165) is 14.8 Å². The number of nitrogens with two attached hydrogens (primary N) is 1. The number of aliphatic hydroxyl groups is 1. The Balaban J connectivity index is 1.89. The molecule has 2 heterocycles. The summed E-state index contributed by atoms with van der Waals surface area (Å²) in [4.78, 5) is 13.4. The van der Waals surface area contributed by atoms with E-state index in [2.05, 4.69) is 48.2 Å². The van der Waals surface area contributed by atoms with Gasteiger partial charge in [0.15, 0.2) is 17.0 Å². The van der Waals surface area contributed by atoms with Crippen molar-refractivity contribution in [3.05, 3.63) is 33.7 Å². The van der Waals surface area contributed by atoms with Gasteiger partial charge in [0.25, 0.3) is 0 Å². The van der Waals surface area contributed by atoms with Crippen molar-refractivity contribution >= 4 is 51.2 Å². The van der Waals surface area contributed by atoms with Crippen molar-refractivity contribution in [3.63, 3.8) is 0 Å². The highest BCUT2D eigenvalue weighted by Gasteiger charge is 2.16. The number of fused-ring (bicyclic) bond motifs is 1. The Morgan fingerprint density at radius 3 is 2.77 bits per heavy atom. The Kier molecular flexibility index (Phi) is 5.19. The van der Waals surface area contributed by atoms with Crippen LogP contribution in [-0.4, -0.2) is 36.8 Å². The lowest BCUT2D eigenvalue weighted by molar-refractivity contribution is 0.0943. The predicted molar refractivity (Wildman–Crippen MR) is 112 cm³/mol. The molecule has 0 bridgehead atoms. The van der Waals surface area contributed by atoms with Gasteiger partial charge >= 0.3 is 0 Å². The minimum Gasteiger partial charge on any atom is -0.398 e. The molecule has 0 amide bonds. The maximum Gasteiger partial charge on any atom is 0.226 e. The fourth-order valence-electron chi connectivity index (χ4n) is 2.41. The summed E-state index contributed by atoms with van der Waals surface area (Å²) in [5.41, 5.74) is 8.30. The van der Waals surface area contributed by atoms with E-state index >= 15 is 0 Å². The third-order valence-corrected chi connectivity index (χ3v) is 4.46. The molecule has 0 atom stereocenters. The highest BCUT2D eigenvalue weighted by Crippen LogP contribution is 2.23. The van der Waals surface area contributed by atoms with Gasteiger partial charge in [-0.1, -0.05) is 0 Å². The average Bonchev–Trinajstić information content (AvgIpc) is 2.94. The van der Waals surface area contributed by atoms with Crippen LogP contribution in [0.15, 0.2) is 24.5 Å². The Morgan fingerprint density at radius 2 is 2.04 bits per heavy atom. The minimum absolute atomic E-state index is 0.333. The Hall–Kier alpha value is -2.14. The van der Waals surface area contributed by atoms with Crippen LogP contribution in [0.1, 0.15) is 19.4 Å². The lowest BCUT2D eigenvalue weighted by Crippen LogP contribution is -2.30. The first-order chi connectivity index (χ1) is 12.2. The van der Waals surface area contributed by atoms with E-state index in [0.29, 0.717) is 36.0 Å². The van der Waals surface area contributed by atoms with E-state index in [1.165, 1.54) is 0 Å². The number of halogens is 1. The van der Waals surface area contributed by atoms with Gasteiger partial charge in [-0.25, -0.2) is 4.98 Å². The standard InChI is InChI=1S/C17H22IN7O/c1-17(2,26)8-21-16-23-14(13-15(24-16)25(3)9-22-13)20-7-10-6-11(18)4-5-12(10)19/h4-6,9,26H,7-8,19H2,1-3H3,(H2,20,21,23,24). The van der Waals surface area contributed by atoms with Crippen molar-refractivity contribution in [1.82, 2.24) is 19.5 Å². The van der Waals surface area contributed by atoms with Crippen LogP contribution in [0.3, 0.4) is 0 Å². The van der Waals surface area contributed by atoms with Crippen molar-refractivity contribution in [3.8, 4) is 0 Å². The van der Waals surface area contributed by atoms with Crippen molar-refractivity contribution < 1.29 is 5.11 Å². The molecule has 26 heavy (non-hydrogen) atoms. The molecule has 0 aliphatic heterocycles. The van der Waals surface area contributed by atoms with Gasteiger partial charge in [-0.15, -0.1) is 0 Å². The van der Waals surface area contributed by atoms with E-state index in [1.54, 1.807) is 20.2 Å². The maximum absolute atomic E-state index is 9.92. The molecule has 3 rings (SSSR count). The molecule has 0 aliphatic rings. The van der Waals surface area contributed by atoms with Crippen molar-refractivity contribution in [2.75, 3.05) is 22.9 Å². The van der Waals surface area contributed by atoms with Gasteiger partial charge in [0, 0.05) is 29.4 Å². The fraction of sp³-hybridized carbons (Fsp3) is 0.353. The second kappa shape index (κ2) is 7.23. The molecular formula is C17H22IN7O. The van der Waals surface area contributed by atoms with E-state index < -0.39 is 5.60 Å². The van der Waals surface area contributed by atoms with E-state index in [-0.39, 0.29) is 0 Å². The van der Waals surface area contributed by atoms with E-state index in [4.69, 9.17) is 5.73 Å². The van der Waals surface area contributed by atoms with Gasteiger partial charge in [-0.2, -0.15) is 9.97 Å². The van der Waals surface area contributed by atoms with Crippen molar-refractivity contribution in [2.45, 2.75) is 26.0 Å². The van der Waals surface area contributed by atoms with Crippen LogP contribution in [-0.2, 0) is 13.6 Å². The zero-order valence-corrected chi connectivity index (χ0v) is 17.1. The number of imidazole rings is 1. The molecule has 0 fully saturated rings. The number of aryl methyl sites for hydroxylation is 1. The zero-order chi connectivity index (χ0) is 18.9. The molecule has 3 aromatic rings. The molecule has 1 aromatic carbocycles. The molecule has 0 aliphatic carbocycles. The van der Waals surface area contributed by atoms with E-state index in [1.807, 2.05) is 29.8 Å². The largest absolute Gasteiger partial charge is 0.398 e. The SMILES string of the molecule is Cn1cnc2c(NCc3cc(I)ccc3N)nc(NCC(C)(C)O)nc21. The summed E-state index contributed by atoms with van der Waals surface area (Å²) in [7, 11) is 1.88. The lowest BCUT2D eigenvalue weighted by atomic mass is 10.1. The predicted octanol–water partition coefficient (Wildman–Crippen LogP) is 2.35. The molecule has 2 aromatic heterocycles. The first-order valence-electron chi connectivity index (χ1n) is 8.16. The topological polar surface area (TPSA) is 114 Å².